The average Bonchev–Trinajstić information content (AvgIpc) is 3.10. The van der Waals surface area contributed by atoms with E-state index in [4.69, 9.17) is 0 Å². The van der Waals surface area contributed by atoms with Crippen LogP contribution < -0.4 is 5.32 Å². The Balaban J connectivity index is 1.44. The monoisotopic (exact) mass is 279 g/mol. The molecule has 0 radical (unpaired) electrons. The summed E-state index contributed by atoms with van der Waals surface area (Å²) in [5.74, 6) is 1.95. The van der Waals surface area contributed by atoms with Crippen molar-refractivity contribution in [3.8, 4) is 0 Å². The van der Waals surface area contributed by atoms with Gasteiger partial charge in [-0.05, 0) is 57.2 Å². The fourth-order valence-electron chi connectivity index (χ4n) is 4.04. The summed E-state index contributed by atoms with van der Waals surface area (Å²) in [6.07, 6.45) is 5.17. The molecule has 3 heterocycles. The van der Waals surface area contributed by atoms with Gasteiger partial charge >= 0.3 is 0 Å². The first-order valence-corrected chi connectivity index (χ1v) is 8.46. The molecule has 3 saturated heterocycles. The molecule has 1 N–H and O–H groups in total. The molecule has 1 amide bonds. The second-order valence-electron chi connectivity index (χ2n) is 7.02. The Hall–Kier alpha value is -0.610. The summed E-state index contributed by atoms with van der Waals surface area (Å²) >= 11 is 0. The van der Waals surface area contributed by atoms with E-state index in [1.807, 2.05) is 0 Å². The molecule has 114 valence electrons. The van der Waals surface area contributed by atoms with Crippen LogP contribution in [-0.2, 0) is 4.79 Å². The standard InChI is InChI=1S/C16H29N3O/c1-13-10-17-11-15(13)16(20)19-8-4-14(5-9-19)12-18-6-2-3-7-18/h13-15,17H,2-12H2,1H3. The predicted octanol–water partition coefficient (Wildman–Crippen LogP) is 1.18. The van der Waals surface area contributed by atoms with E-state index in [1.165, 1.54) is 45.3 Å². The van der Waals surface area contributed by atoms with Gasteiger partial charge in [-0.1, -0.05) is 6.92 Å². The van der Waals surface area contributed by atoms with Gasteiger partial charge in [-0.15, -0.1) is 0 Å². The van der Waals surface area contributed by atoms with Crippen molar-refractivity contribution >= 4 is 5.91 Å². The average molecular weight is 279 g/mol. The number of hydrogen-bond acceptors (Lipinski definition) is 3. The maximum Gasteiger partial charge on any atom is 0.227 e. The van der Waals surface area contributed by atoms with Gasteiger partial charge in [-0.2, -0.15) is 0 Å². The molecule has 0 saturated carbocycles. The number of hydrogen-bond donors (Lipinski definition) is 1. The van der Waals surface area contributed by atoms with E-state index in [1.54, 1.807) is 0 Å². The molecule has 4 nitrogen and oxygen atoms in total. The molecule has 20 heavy (non-hydrogen) atoms. The minimum absolute atomic E-state index is 0.227. The Morgan fingerprint density at radius 1 is 1.10 bits per heavy atom. The minimum atomic E-state index is 0.227. The quantitative estimate of drug-likeness (QED) is 0.842. The smallest absolute Gasteiger partial charge is 0.227 e. The Labute approximate surface area is 122 Å². The Bertz CT molecular complexity index is 333. The summed E-state index contributed by atoms with van der Waals surface area (Å²) in [6, 6.07) is 0. The number of rotatable bonds is 3. The number of piperidine rings is 1. The number of nitrogens with one attached hydrogen (secondary N) is 1. The van der Waals surface area contributed by atoms with Crippen molar-refractivity contribution < 1.29 is 4.79 Å². The lowest BCUT2D eigenvalue weighted by atomic mass is 9.92. The number of likely N-dealkylation sites (tertiary alicyclic amines) is 2. The second kappa shape index (κ2) is 6.44. The highest BCUT2D eigenvalue weighted by atomic mass is 16.2. The molecule has 4 heteroatoms. The van der Waals surface area contributed by atoms with Crippen molar-refractivity contribution in [3.05, 3.63) is 0 Å². The molecule has 0 aliphatic carbocycles. The van der Waals surface area contributed by atoms with Crippen LogP contribution in [0.25, 0.3) is 0 Å². The van der Waals surface area contributed by atoms with Gasteiger partial charge in [0, 0.05) is 26.2 Å². The Morgan fingerprint density at radius 3 is 2.40 bits per heavy atom. The molecule has 2 atom stereocenters. The van der Waals surface area contributed by atoms with Crippen LogP contribution >= 0.6 is 0 Å². The molecule has 3 aliphatic heterocycles. The first kappa shape index (κ1) is 14.3. The molecule has 2 unspecified atom stereocenters. The number of nitrogens with zero attached hydrogens (tertiary/aromatic N) is 2. The summed E-state index contributed by atoms with van der Waals surface area (Å²) in [6.45, 7) is 9.91. The van der Waals surface area contributed by atoms with E-state index < -0.39 is 0 Å². The zero-order valence-corrected chi connectivity index (χ0v) is 12.8. The van der Waals surface area contributed by atoms with Crippen molar-refractivity contribution in [2.45, 2.75) is 32.6 Å². The van der Waals surface area contributed by atoms with Gasteiger partial charge in [0.1, 0.15) is 0 Å². The van der Waals surface area contributed by atoms with Crippen LogP contribution in [0.4, 0.5) is 0 Å². The fraction of sp³-hybridized carbons (Fsp3) is 0.938. The number of carbonyl (C=O) groups excluding carboxylic acids is 1. The molecule has 0 spiro atoms. The van der Waals surface area contributed by atoms with Crippen molar-refractivity contribution in [3.63, 3.8) is 0 Å². The van der Waals surface area contributed by atoms with Crippen LogP contribution in [0.2, 0.25) is 0 Å². The molecular formula is C16H29N3O. The van der Waals surface area contributed by atoms with Crippen LogP contribution in [0, 0.1) is 17.8 Å². The summed E-state index contributed by atoms with van der Waals surface area (Å²) < 4.78 is 0. The molecule has 0 aromatic rings. The minimum Gasteiger partial charge on any atom is -0.342 e. The lowest BCUT2D eigenvalue weighted by Gasteiger charge is -2.35. The Kier molecular flexibility index (Phi) is 4.61. The lowest BCUT2D eigenvalue weighted by Crippen LogP contribution is -2.45. The van der Waals surface area contributed by atoms with Crippen molar-refractivity contribution in [2.24, 2.45) is 17.8 Å². The van der Waals surface area contributed by atoms with E-state index >= 15 is 0 Å². The highest BCUT2D eigenvalue weighted by molar-refractivity contribution is 5.79. The molecule has 0 aromatic heterocycles. The van der Waals surface area contributed by atoms with Crippen molar-refractivity contribution in [1.29, 1.82) is 0 Å². The van der Waals surface area contributed by atoms with Crippen LogP contribution in [-0.4, -0.2) is 61.5 Å². The third-order valence-electron chi connectivity index (χ3n) is 5.48. The maximum atomic E-state index is 12.5. The normalized spacial score (nSPS) is 33.0. The maximum absolute atomic E-state index is 12.5. The van der Waals surface area contributed by atoms with Gasteiger partial charge in [-0.3, -0.25) is 4.79 Å². The molecule has 3 aliphatic rings. The van der Waals surface area contributed by atoms with Gasteiger partial charge in [0.2, 0.25) is 5.91 Å². The van der Waals surface area contributed by atoms with Crippen molar-refractivity contribution in [1.82, 2.24) is 15.1 Å². The number of carbonyl (C=O) groups is 1. The highest BCUT2D eigenvalue weighted by Crippen LogP contribution is 2.24. The zero-order chi connectivity index (χ0) is 13.9. The topological polar surface area (TPSA) is 35.6 Å². The summed E-state index contributed by atoms with van der Waals surface area (Å²) in [5.41, 5.74) is 0. The SMILES string of the molecule is CC1CNCC1C(=O)N1CCC(CN2CCCC2)CC1. The van der Waals surface area contributed by atoms with Crippen molar-refractivity contribution in [2.75, 3.05) is 45.8 Å². The van der Waals surface area contributed by atoms with Crippen LogP contribution in [0.1, 0.15) is 32.6 Å². The van der Waals surface area contributed by atoms with Gasteiger partial charge < -0.3 is 15.1 Å². The van der Waals surface area contributed by atoms with Crippen LogP contribution in [0.15, 0.2) is 0 Å². The zero-order valence-electron chi connectivity index (χ0n) is 12.8. The highest BCUT2D eigenvalue weighted by Gasteiger charge is 2.34. The summed E-state index contributed by atoms with van der Waals surface area (Å²) in [7, 11) is 0. The third kappa shape index (κ3) is 3.17. The van der Waals surface area contributed by atoms with E-state index in [2.05, 4.69) is 22.0 Å². The third-order valence-corrected chi connectivity index (χ3v) is 5.48. The van der Waals surface area contributed by atoms with E-state index in [9.17, 15) is 4.79 Å². The van der Waals surface area contributed by atoms with Gasteiger partial charge in [-0.25, -0.2) is 0 Å². The molecule has 3 rings (SSSR count). The lowest BCUT2D eigenvalue weighted by molar-refractivity contribution is -0.137. The Morgan fingerprint density at radius 2 is 1.80 bits per heavy atom. The molecule has 0 bridgehead atoms. The second-order valence-corrected chi connectivity index (χ2v) is 7.02. The molecule has 3 fully saturated rings. The van der Waals surface area contributed by atoms with E-state index in [0.29, 0.717) is 11.8 Å². The fourth-order valence-corrected chi connectivity index (χ4v) is 4.04. The van der Waals surface area contributed by atoms with Gasteiger partial charge in [0.15, 0.2) is 0 Å². The van der Waals surface area contributed by atoms with Gasteiger partial charge in [0.05, 0.1) is 5.92 Å². The van der Waals surface area contributed by atoms with E-state index in [-0.39, 0.29) is 5.92 Å². The summed E-state index contributed by atoms with van der Waals surface area (Å²) in [5, 5.41) is 3.34. The van der Waals surface area contributed by atoms with Gasteiger partial charge in [0.25, 0.3) is 0 Å². The predicted molar refractivity (Wildman–Crippen MR) is 80.5 cm³/mol. The van der Waals surface area contributed by atoms with E-state index in [0.717, 1.165) is 32.1 Å². The first-order valence-electron chi connectivity index (χ1n) is 8.46. The number of amides is 1. The van der Waals surface area contributed by atoms with Crippen LogP contribution in [0.3, 0.4) is 0 Å². The van der Waals surface area contributed by atoms with Crippen LogP contribution in [0.5, 0.6) is 0 Å². The summed E-state index contributed by atoms with van der Waals surface area (Å²) in [4.78, 5) is 17.3. The molecule has 0 aromatic carbocycles. The molecular weight excluding hydrogens is 250 g/mol. The first-order chi connectivity index (χ1) is 9.74. The largest absolute Gasteiger partial charge is 0.342 e.